The Balaban J connectivity index is 1.46. The Labute approximate surface area is 110 Å². The van der Waals surface area contributed by atoms with Crippen molar-refractivity contribution in [1.82, 2.24) is 5.32 Å². The highest BCUT2D eigenvalue weighted by molar-refractivity contribution is 5.40. The molecule has 1 N–H and O–H groups in total. The van der Waals surface area contributed by atoms with Gasteiger partial charge < -0.3 is 10.1 Å². The Kier molecular flexibility index (Phi) is 3.40. The highest BCUT2D eigenvalue weighted by Crippen LogP contribution is 2.34. The summed E-state index contributed by atoms with van der Waals surface area (Å²) in [6, 6.07) is 8.84. The third-order valence-corrected chi connectivity index (χ3v) is 4.60. The van der Waals surface area contributed by atoms with Crippen molar-refractivity contribution < 1.29 is 4.74 Å². The fourth-order valence-corrected chi connectivity index (χ4v) is 3.13. The van der Waals surface area contributed by atoms with Crippen LogP contribution in [0.15, 0.2) is 24.3 Å². The van der Waals surface area contributed by atoms with Crippen molar-refractivity contribution in [3.05, 3.63) is 35.4 Å². The first-order chi connectivity index (χ1) is 8.77. The third-order valence-electron chi connectivity index (χ3n) is 4.60. The summed E-state index contributed by atoms with van der Waals surface area (Å²) in [5.41, 5.74) is 3.55. The average molecular weight is 245 g/mol. The number of ether oxygens (including phenoxy) is 1. The van der Waals surface area contributed by atoms with Crippen molar-refractivity contribution in [1.29, 1.82) is 0 Å². The molecule has 1 aliphatic carbocycles. The van der Waals surface area contributed by atoms with Crippen LogP contribution in [0.4, 0.5) is 0 Å². The molecule has 3 rings (SSSR count). The number of benzene rings is 1. The van der Waals surface area contributed by atoms with Crippen LogP contribution in [0.2, 0.25) is 0 Å². The van der Waals surface area contributed by atoms with E-state index in [1.807, 2.05) is 0 Å². The van der Waals surface area contributed by atoms with Crippen LogP contribution >= 0.6 is 0 Å². The maximum Gasteiger partial charge on any atom is 0.0471 e. The lowest BCUT2D eigenvalue weighted by molar-refractivity contribution is 0.0240. The zero-order valence-corrected chi connectivity index (χ0v) is 11.2. The first-order valence-electron chi connectivity index (χ1n) is 7.13. The molecule has 2 nitrogen and oxygen atoms in total. The van der Waals surface area contributed by atoms with Gasteiger partial charge >= 0.3 is 0 Å². The maximum absolute atomic E-state index is 5.44. The van der Waals surface area contributed by atoms with Crippen LogP contribution in [0.3, 0.4) is 0 Å². The van der Waals surface area contributed by atoms with E-state index in [1.54, 1.807) is 11.1 Å². The van der Waals surface area contributed by atoms with Gasteiger partial charge in [-0.15, -0.1) is 0 Å². The number of hydrogen-bond donors (Lipinski definition) is 1. The predicted octanol–water partition coefficient (Wildman–Crippen LogP) is 2.73. The van der Waals surface area contributed by atoms with Gasteiger partial charge in [-0.3, -0.25) is 0 Å². The Hall–Kier alpha value is -0.860. The molecule has 1 heterocycles. The lowest BCUT2D eigenvalue weighted by atomic mass is 9.77. The minimum absolute atomic E-state index is 0.446. The largest absolute Gasteiger partial charge is 0.381 e. The van der Waals surface area contributed by atoms with E-state index in [4.69, 9.17) is 4.74 Å². The molecule has 0 aromatic heterocycles. The summed E-state index contributed by atoms with van der Waals surface area (Å²) in [7, 11) is 0. The number of hydrogen-bond acceptors (Lipinski definition) is 2. The number of fused-ring (bicyclic) bond motifs is 1. The SMILES string of the molecule is CC1(CNCC2Cc3ccccc32)CCOCC1. The molecule has 1 atom stereocenters. The van der Waals surface area contributed by atoms with Crippen LogP contribution in [-0.2, 0) is 11.2 Å². The van der Waals surface area contributed by atoms with Crippen LogP contribution in [0.25, 0.3) is 0 Å². The standard InChI is InChI=1S/C16H23NO/c1-16(6-8-18-9-7-16)12-17-11-14-10-13-4-2-3-5-15(13)14/h2-5,14,17H,6-12H2,1H3. The van der Waals surface area contributed by atoms with E-state index in [2.05, 4.69) is 36.5 Å². The molecule has 1 saturated heterocycles. The van der Waals surface area contributed by atoms with Gasteiger partial charge in [0.05, 0.1) is 0 Å². The molecule has 1 aliphatic heterocycles. The van der Waals surface area contributed by atoms with E-state index in [1.165, 1.54) is 19.3 Å². The minimum atomic E-state index is 0.446. The Morgan fingerprint density at radius 3 is 2.83 bits per heavy atom. The Bertz CT molecular complexity index is 409. The molecular weight excluding hydrogens is 222 g/mol. The van der Waals surface area contributed by atoms with Crippen molar-refractivity contribution in [2.75, 3.05) is 26.3 Å². The number of nitrogens with one attached hydrogen (secondary N) is 1. The smallest absolute Gasteiger partial charge is 0.0471 e. The molecule has 1 aromatic carbocycles. The third kappa shape index (κ3) is 2.45. The van der Waals surface area contributed by atoms with Gasteiger partial charge in [0.15, 0.2) is 0 Å². The molecule has 2 aliphatic rings. The second-order valence-electron chi connectivity index (χ2n) is 6.15. The molecular formula is C16H23NO. The van der Waals surface area contributed by atoms with Gasteiger partial charge in [-0.25, -0.2) is 0 Å². The van der Waals surface area contributed by atoms with E-state index in [0.29, 0.717) is 5.41 Å². The zero-order valence-electron chi connectivity index (χ0n) is 11.2. The molecule has 0 bridgehead atoms. The summed E-state index contributed by atoms with van der Waals surface area (Å²) in [6.45, 7) is 6.52. The van der Waals surface area contributed by atoms with E-state index in [0.717, 1.165) is 32.2 Å². The molecule has 18 heavy (non-hydrogen) atoms. The van der Waals surface area contributed by atoms with Gasteiger partial charge in [-0.2, -0.15) is 0 Å². The summed E-state index contributed by atoms with van der Waals surface area (Å²) in [4.78, 5) is 0. The van der Waals surface area contributed by atoms with Gasteiger partial charge in [0.25, 0.3) is 0 Å². The van der Waals surface area contributed by atoms with Crippen molar-refractivity contribution >= 4 is 0 Å². The maximum atomic E-state index is 5.44. The molecule has 0 spiro atoms. The van der Waals surface area contributed by atoms with E-state index < -0.39 is 0 Å². The van der Waals surface area contributed by atoms with Crippen LogP contribution in [0, 0.1) is 5.41 Å². The summed E-state index contributed by atoms with van der Waals surface area (Å²) >= 11 is 0. The van der Waals surface area contributed by atoms with Crippen molar-refractivity contribution in [3.8, 4) is 0 Å². The lowest BCUT2D eigenvalue weighted by Gasteiger charge is -2.36. The molecule has 0 radical (unpaired) electrons. The Morgan fingerprint density at radius 2 is 2.06 bits per heavy atom. The zero-order chi connectivity index (χ0) is 12.4. The molecule has 98 valence electrons. The first kappa shape index (κ1) is 12.2. The molecule has 0 amide bonds. The molecule has 1 fully saturated rings. The summed E-state index contributed by atoms with van der Waals surface area (Å²) in [5, 5.41) is 3.68. The van der Waals surface area contributed by atoms with E-state index >= 15 is 0 Å². The second kappa shape index (κ2) is 5.02. The van der Waals surface area contributed by atoms with Crippen molar-refractivity contribution in [2.24, 2.45) is 5.41 Å². The average Bonchev–Trinajstić information content (AvgIpc) is 2.36. The highest BCUT2D eigenvalue weighted by Gasteiger charge is 2.29. The summed E-state index contributed by atoms with van der Waals surface area (Å²) in [6.07, 6.45) is 3.64. The fraction of sp³-hybridized carbons (Fsp3) is 0.625. The van der Waals surface area contributed by atoms with E-state index in [-0.39, 0.29) is 0 Å². The molecule has 1 aromatic rings. The topological polar surface area (TPSA) is 21.3 Å². The normalized spacial score (nSPS) is 25.3. The van der Waals surface area contributed by atoms with Crippen LogP contribution in [-0.4, -0.2) is 26.3 Å². The van der Waals surface area contributed by atoms with Crippen LogP contribution in [0.1, 0.15) is 36.8 Å². The van der Waals surface area contributed by atoms with Gasteiger partial charge in [0, 0.05) is 32.2 Å². The predicted molar refractivity (Wildman–Crippen MR) is 73.9 cm³/mol. The highest BCUT2D eigenvalue weighted by atomic mass is 16.5. The molecule has 2 heteroatoms. The second-order valence-corrected chi connectivity index (χ2v) is 6.15. The van der Waals surface area contributed by atoms with Gasteiger partial charge in [0.1, 0.15) is 0 Å². The van der Waals surface area contributed by atoms with Crippen molar-refractivity contribution in [2.45, 2.75) is 32.1 Å². The van der Waals surface area contributed by atoms with E-state index in [9.17, 15) is 0 Å². The van der Waals surface area contributed by atoms with Crippen LogP contribution in [0.5, 0.6) is 0 Å². The summed E-state index contributed by atoms with van der Waals surface area (Å²) in [5.74, 6) is 0.740. The molecule has 1 unspecified atom stereocenters. The Morgan fingerprint density at radius 1 is 1.28 bits per heavy atom. The van der Waals surface area contributed by atoms with Crippen LogP contribution < -0.4 is 5.32 Å². The van der Waals surface area contributed by atoms with Crippen molar-refractivity contribution in [3.63, 3.8) is 0 Å². The van der Waals surface area contributed by atoms with Gasteiger partial charge in [-0.05, 0) is 35.8 Å². The van der Waals surface area contributed by atoms with Gasteiger partial charge in [0.2, 0.25) is 0 Å². The molecule has 0 saturated carbocycles. The van der Waals surface area contributed by atoms with Gasteiger partial charge in [-0.1, -0.05) is 31.2 Å². The summed E-state index contributed by atoms with van der Waals surface area (Å²) < 4.78 is 5.44. The lowest BCUT2D eigenvalue weighted by Crippen LogP contribution is -2.39. The number of rotatable bonds is 4. The minimum Gasteiger partial charge on any atom is -0.381 e. The monoisotopic (exact) mass is 245 g/mol. The fourth-order valence-electron chi connectivity index (χ4n) is 3.13. The quantitative estimate of drug-likeness (QED) is 0.880. The first-order valence-corrected chi connectivity index (χ1v) is 7.13.